The molecule has 0 amide bonds. The lowest BCUT2D eigenvalue weighted by Crippen LogP contribution is -2.58. The monoisotopic (exact) mass is 252 g/mol. The van der Waals surface area contributed by atoms with E-state index < -0.39 is 0 Å². The van der Waals surface area contributed by atoms with E-state index in [1.54, 1.807) is 12.1 Å². The molecule has 2 N–H and O–H groups in total. The Hall–Kier alpha value is -1.13. The van der Waals surface area contributed by atoms with Gasteiger partial charge < -0.3 is 15.4 Å². The summed E-state index contributed by atoms with van der Waals surface area (Å²) in [6.45, 7) is 6.12. The van der Waals surface area contributed by atoms with Crippen molar-refractivity contribution in [3.63, 3.8) is 0 Å². The topological polar surface area (TPSA) is 38.5 Å². The Labute approximate surface area is 108 Å². The molecule has 18 heavy (non-hydrogen) atoms. The highest BCUT2D eigenvalue weighted by molar-refractivity contribution is 5.50. The second-order valence-electron chi connectivity index (χ2n) is 4.79. The fraction of sp³-hybridized carbons (Fsp3) is 0.571. The molecule has 0 spiro atoms. The van der Waals surface area contributed by atoms with Crippen molar-refractivity contribution >= 4 is 5.69 Å². The maximum absolute atomic E-state index is 13.4. The Kier molecular flexibility index (Phi) is 3.88. The minimum atomic E-state index is -0.220. The maximum Gasteiger partial charge on any atom is 0.125 e. The van der Waals surface area contributed by atoms with Crippen molar-refractivity contribution in [3.05, 3.63) is 30.1 Å². The molecule has 3 nitrogen and oxygen atoms in total. The molecule has 2 unspecified atom stereocenters. The summed E-state index contributed by atoms with van der Waals surface area (Å²) in [5, 5.41) is 0. The van der Waals surface area contributed by atoms with Crippen molar-refractivity contribution < 1.29 is 9.13 Å². The van der Waals surface area contributed by atoms with Crippen LogP contribution in [-0.4, -0.2) is 31.3 Å². The van der Waals surface area contributed by atoms with Crippen molar-refractivity contribution in [2.24, 2.45) is 5.73 Å². The van der Waals surface area contributed by atoms with Crippen LogP contribution in [0, 0.1) is 5.82 Å². The molecule has 2 rings (SSSR count). The van der Waals surface area contributed by atoms with Gasteiger partial charge in [0.25, 0.3) is 0 Å². The lowest BCUT2D eigenvalue weighted by Gasteiger charge is -2.43. The smallest absolute Gasteiger partial charge is 0.125 e. The third kappa shape index (κ3) is 2.10. The third-order valence-corrected chi connectivity index (χ3v) is 3.99. The number of hydrogen-bond donors (Lipinski definition) is 1. The third-order valence-electron chi connectivity index (χ3n) is 3.99. The Balaban J connectivity index is 2.38. The normalized spacial score (nSPS) is 27.4. The van der Waals surface area contributed by atoms with Crippen LogP contribution in [0.1, 0.15) is 20.3 Å². The van der Waals surface area contributed by atoms with Gasteiger partial charge in [0, 0.05) is 25.4 Å². The summed E-state index contributed by atoms with van der Waals surface area (Å²) in [6, 6.07) is 6.68. The van der Waals surface area contributed by atoms with E-state index in [4.69, 9.17) is 10.5 Å². The molecular weight excluding hydrogens is 231 g/mol. The zero-order valence-electron chi connectivity index (χ0n) is 11.0. The van der Waals surface area contributed by atoms with E-state index in [-0.39, 0.29) is 17.5 Å². The number of ether oxygens (including phenoxy) is 1. The van der Waals surface area contributed by atoms with Gasteiger partial charge in [-0.05, 0) is 38.5 Å². The number of halogens is 1. The van der Waals surface area contributed by atoms with E-state index in [2.05, 4.69) is 11.8 Å². The molecule has 1 heterocycles. The summed E-state index contributed by atoms with van der Waals surface area (Å²) in [4.78, 5) is 2.17. The molecule has 0 aliphatic carbocycles. The van der Waals surface area contributed by atoms with Crippen molar-refractivity contribution in [1.82, 2.24) is 0 Å². The average molecular weight is 252 g/mol. The lowest BCUT2D eigenvalue weighted by atomic mass is 9.89. The van der Waals surface area contributed by atoms with E-state index in [0.29, 0.717) is 13.2 Å². The first-order valence-corrected chi connectivity index (χ1v) is 6.49. The van der Waals surface area contributed by atoms with Crippen LogP contribution in [0.25, 0.3) is 0 Å². The van der Waals surface area contributed by atoms with Gasteiger partial charge >= 0.3 is 0 Å². The van der Waals surface area contributed by atoms with E-state index in [0.717, 1.165) is 18.7 Å². The van der Waals surface area contributed by atoms with Crippen molar-refractivity contribution in [1.29, 1.82) is 0 Å². The van der Waals surface area contributed by atoms with Gasteiger partial charge in [0.05, 0.1) is 11.6 Å². The molecule has 0 bridgehead atoms. The first kappa shape index (κ1) is 13.3. The van der Waals surface area contributed by atoms with Crippen molar-refractivity contribution in [3.8, 4) is 0 Å². The number of likely N-dealkylation sites (N-methyl/N-ethyl adjacent to an activating group) is 1. The molecule has 0 saturated carbocycles. The van der Waals surface area contributed by atoms with Gasteiger partial charge in [-0.15, -0.1) is 0 Å². The average Bonchev–Trinajstić information content (AvgIpc) is 2.73. The SMILES string of the molecule is CCN(c1cccc(F)c1)C1(CN)CCOC1C. The number of benzene rings is 1. The summed E-state index contributed by atoms with van der Waals surface area (Å²) >= 11 is 0. The molecule has 1 aliphatic heterocycles. The first-order chi connectivity index (χ1) is 8.64. The molecule has 1 saturated heterocycles. The van der Waals surface area contributed by atoms with Gasteiger partial charge in [0.15, 0.2) is 0 Å². The van der Waals surface area contributed by atoms with Gasteiger partial charge in [-0.25, -0.2) is 4.39 Å². The maximum atomic E-state index is 13.4. The van der Waals surface area contributed by atoms with Crippen LogP contribution in [0.15, 0.2) is 24.3 Å². The predicted octanol–water partition coefficient (Wildman–Crippen LogP) is 2.16. The quantitative estimate of drug-likeness (QED) is 0.892. The van der Waals surface area contributed by atoms with Crippen LogP contribution in [0.4, 0.5) is 10.1 Å². The highest BCUT2D eigenvalue weighted by atomic mass is 19.1. The van der Waals surface area contributed by atoms with E-state index in [1.807, 2.05) is 13.0 Å². The molecule has 1 aromatic carbocycles. The number of rotatable bonds is 4. The summed E-state index contributed by atoms with van der Waals surface area (Å²) in [6.07, 6.45) is 0.945. The Morgan fingerprint density at radius 2 is 2.33 bits per heavy atom. The number of nitrogens with zero attached hydrogens (tertiary/aromatic N) is 1. The van der Waals surface area contributed by atoms with Gasteiger partial charge in [0.1, 0.15) is 5.82 Å². The molecule has 1 fully saturated rings. The Morgan fingerprint density at radius 3 is 2.83 bits per heavy atom. The minimum absolute atomic E-state index is 0.0608. The van der Waals surface area contributed by atoms with Gasteiger partial charge in [-0.3, -0.25) is 0 Å². The van der Waals surface area contributed by atoms with Crippen LogP contribution < -0.4 is 10.6 Å². The fourth-order valence-electron chi connectivity index (χ4n) is 2.90. The highest BCUT2D eigenvalue weighted by Crippen LogP contribution is 2.35. The minimum Gasteiger partial charge on any atom is -0.376 e. The van der Waals surface area contributed by atoms with Gasteiger partial charge in [-0.1, -0.05) is 6.07 Å². The molecule has 2 atom stereocenters. The largest absolute Gasteiger partial charge is 0.376 e. The first-order valence-electron chi connectivity index (χ1n) is 6.49. The Morgan fingerprint density at radius 1 is 1.56 bits per heavy atom. The summed E-state index contributed by atoms with van der Waals surface area (Å²) in [5.74, 6) is -0.218. The predicted molar refractivity (Wildman–Crippen MR) is 71.2 cm³/mol. The van der Waals surface area contributed by atoms with Gasteiger partial charge in [-0.2, -0.15) is 0 Å². The molecule has 4 heteroatoms. The van der Waals surface area contributed by atoms with Crippen LogP contribution in [0.5, 0.6) is 0 Å². The van der Waals surface area contributed by atoms with E-state index >= 15 is 0 Å². The van der Waals surface area contributed by atoms with Crippen molar-refractivity contribution in [2.75, 3.05) is 24.6 Å². The second-order valence-corrected chi connectivity index (χ2v) is 4.79. The number of anilines is 1. The molecule has 1 aromatic rings. The molecule has 100 valence electrons. The fourth-order valence-corrected chi connectivity index (χ4v) is 2.90. The summed E-state index contributed by atoms with van der Waals surface area (Å²) in [7, 11) is 0. The summed E-state index contributed by atoms with van der Waals surface area (Å²) in [5.41, 5.74) is 6.65. The van der Waals surface area contributed by atoms with E-state index in [1.165, 1.54) is 6.07 Å². The van der Waals surface area contributed by atoms with Crippen LogP contribution >= 0.6 is 0 Å². The van der Waals surface area contributed by atoms with Crippen molar-refractivity contribution in [2.45, 2.75) is 31.9 Å². The number of hydrogen-bond acceptors (Lipinski definition) is 3. The summed E-state index contributed by atoms with van der Waals surface area (Å²) < 4.78 is 19.1. The number of nitrogens with two attached hydrogens (primary N) is 1. The van der Waals surface area contributed by atoms with Crippen LogP contribution in [0.3, 0.4) is 0 Å². The molecule has 0 radical (unpaired) electrons. The Bertz CT molecular complexity index is 413. The zero-order valence-corrected chi connectivity index (χ0v) is 11.0. The van der Waals surface area contributed by atoms with Crippen LogP contribution in [0.2, 0.25) is 0 Å². The zero-order chi connectivity index (χ0) is 13.2. The molecule has 1 aliphatic rings. The molecule has 0 aromatic heterocycles. The van der Waals surface area contributed by atoms with E-state index in [9.17, 15) is 4.39 Å². The lowest BCUT2D eigenvalue weighted by molar-refractivity contribution is 0.0949. The standard InChI is InChI=1S/C14H21FN2O/c1-3-17(13-6-4-5-12(15)9-13)14(10-16)7-8-18-11(14)2/h4-6,9,11H,3,7-8,10,16H2,1-2H3. The second kappa shape index (κ2) is 5.24. The van der Waals surface area contributed by atoms with Gasteiger partial charge in [0.2, 0.25) is 0 Å². The highest BCUT2D eigenvalue weighted by Gasteiger charge is 2.45. The molecular formula is C14H21FN2O. The van der Waals surface area contributed by atoms with Crippen LogP contribution in [-0.2, 0) is 4.74 Å².